The third-order valence-electron chi connectivity index (χ3n) is 2.43. The molecule has 0 amide bonds. The summed E-state index contributed by atoms with van der Waals surface area (Å²) in [5, 5.41) is 0. The summed E-state index contributed by atoms with van der Waals surface area (Å²) >= 11 is 4.42. The van der Waals surface area contributed by atoms with Gasteiger partial charge in [-0.3, -0.25) is 0 Å². The summed E-state index contributed by atoms with van der Waals surface area (Å²) in [6, 6.07) is 12.9. The third-order valence-corrected chi connectivity index (χ3v) is 4.31. The van der Waals surface area contributed by atoms with Crippen LogP contribution in [0.4, 0.5) is 0 Å². The summed E-state index contributed by atoms with van der Waals surface area (Å²) in [6.07, 6.45) is 0. The first-order chi connectivity index (χ1) is 8.56. The van der Waals surface area contributed by atoms with Gasteiger partial charge < -0.3 is 4.74 Å². The number of benzene rings is 2. The average Bonchev–Trinajstić information content (AvgIpc) is 2.35. The van der Waals surface area contributed by atoms with E-state index in [0.29, 0.717) is 11.3 Å². The molecule has 0 fully saturated rings. The van der Waals surface area contributed by atoms with Crippen LogP contribution >= 0.6 is 45.2 Å². The van der Waals surface area contributed by atoms with Gasteiger partial charge in [-0.05, 0) is 94.1 Å². The molecule has 0 aliphatic heterocycles. The lowest BCUT2D eigenvalue weighted by molar-refractivity contribution is 0.0734. The SMILES string of the molecule is Cc1ccc(C(=O)Oc2ccc(I)cc2)cc1I. The smallest absolute Gasteiger partial charge is 0.343 e. The minimum atomic E-state index is -0.325. The first-order valence-electron chi connectivity index (χ1n) is 5.30. The van der Waals surface area contributed by atoms with Crippen LogP contribution in [0.15, 0.2) is 42.5 Å². The molecule has 0 aliphatic carbocycles. The summed E-state index contributed by atoms with van der Waals surface area (Å²) in [4.78, 5) is 11.9. The number of esters is 1. The van der Waals surface area contributed by atoms with Gasteiger partial charge in [0.25, 0.3) is 0 Å². The van der Waals surface area contributed by atoms with Gasteiger partial charge in [0.2, 0.25) is 0 Å². The Bertz CT molecular complexity index is 577. The molecule has 0 atom stereocenters. The number of rotatable bonds is 2. The fourth-order valence-electron chi connectivity index (χ4n) is 1.39. The van der Waals surface area contributed by atoms with Crippen molar-refractivity contribution in [2.24, 2.45) is 0 Å². The normalized spacial score (nSPS) is 10.2. The highest BCUT2D eigenvalue weighted by atomic mass is 127. The van der Waals surface area contributed by atoms with Crippen molar-refractivity contribution in [2.75, 3.05) is 0 Å². The number of halogens is 2. The number of carbonyl (C=O) groups excluding carboxylic acids is 1. The summed E-state index contributed by atoms with van der Waals surface area (Å²) in [6.45, 7) is 2.01. The van der Waals surface area contributed by atoms with Crippen LogP contribution in [-0.4, -0.2) is 5.97 Å². The van der Waals surface area contributed by atoms with Crippen LogP contribution in [0.3, 0.4) is 0 Å². The fraction of sp³-hybridized carbons (Fsp3) is 0.0714. The van der Waals surface area contributed by atoms with Gasteiger partial charge in [0.15, 0.2) is 0 Å². The minimum absolute atomic E-state index is 0.325. The van der Waals surface area contributed by atoms with Crippen LogP contribution in [0, 0.1) is 14.1 Å². The number of ether oxygens (including phenoxy) is 1. The number of hydrogen-bond donors (Lipinski definition) is 0. The first kappa shape index (κ1) is 13.8. The van der Waals surface area contributed by atoms with Crippen molar-refractivity contribution < 1.29 is 9.53 Å². The lowest BCUT2D eigenvalue weighted by atomic mass is 10.1. The Morgan fingerprint density at radius 2 is 1.72 bits per heavy atom. The standard InChI is InChI=1S/C14H10I2O2/c1-9-2-3-10(8-13(9)16)14(17)18-12-6-4-11(15)5-7-12/h2-8H,1H3. The molecule has 0 bridgehead atoms. The summed E-state index contributed by atoms with van der Waals surface area (Å²) < 4.78 is 7.47. The van der Waals surface area contributed by atoms with Gasteiger partial charge in [0.05, 0.1) is 5.56 Å². The second kappa shape index (κ2) is 6.01. The zero-order valence-corrected chi connectivity index (χ0v) is 13.9. The highest BCUT2D eigenvalue weighted by Crippen LogP contribution is 2.17. The van der Waals surface area contributed by atoms with Crippen LogP contribution in [0.2, 0.25) is 0 Å². The number of hydrogen-bond acceptors (Lipinski definition) is 2. The molecule has 0 radical (unpaired) electrons. The topological polar surface area (TPSA) is 26.3 Å². The predicted octanol–water partition coefficient (Wildman–Crippen LogP) is 4.42. The van der Waals surface area contributed by atoms with Gasteiger partial charge in [-0.2, -0.15) is 0 Å². The van der Waals surface area contributed by atoms with E-state index in [2.05, 4.69) is 45.2 Å². The minimum Gasteiger partial charge on any atom is -0.423 e. The molecular formula is C14H10I2O2. The Morgan fingerprint density at radius 1 is 1.06 bits per heavy atom. The quantitative estimate of drug-likeness (QED) is 0.374. The molecule has 0 heterocycles. The highest BCUT2D eigenvalue weighted by Gasteiger charge is 2.09. The number of aryl methyl sites for hydroxylation is 1. The van der Waals surface area contributed by atoms with E-state index < -0.39 is 0 Å². The Hall–Kier alpha value is -0.630. The molecule has 4 heteroatoms. The molecule has 2 rings (SSSR count). The van der Waals surface area contributed by atoms with Gasteiger partial charge in [-0.1, -0.05) is 6.07 Å². The molecule has 2 aromatic carbocycles. The fourth-order valence-corrected chi connectivity index (χ4v) is 2.26. The van der Waals surface area contributed by atoms with Gasteiger partial charge in [-0.25, -0.2) is 4.79 Å². The molecule has 0 spiro atoms. The van der Waals surface area contributed by atoms with E-state index in [-0.39, 0.29) is 5.97 Å². The van der Waals surface area contributed by atoms with E-state index in [1.165, 1.54) is 0 Å². The van der Waals surface area contributed by atoms with Gasteiger partial charge in [-0.15, -0.1) is 0 Å². The van der Waals surface area contributed by atoms with Crippen molar-refractivity contribution in [2.45, 2.75) is 6.92 Å². The van der Waals surface area contributed by atoms with Crippen molar-refractivity contribution in [3.63, 3.8) is 0 Å². The highest BCUT2D eigenvalue weighted by molar-refractivity contribution is 14.1. The van der Waals surface area contributed by atoms with E-state index in [9.17, 15) is 4.79 Å². The maximum absolute atomic E-state index is 11.9. The van der Waals surface area contributed by atoms with Gasteiger partial charge in [0.1, 0.15) is 5.75 Å². The predicted molar refractivity (Wildman–Crippen MR) is 88.0 cm³/mol. The van der Waals surface area contributed by atoms with Crippen molar-refractivity contribution >= 4 is 51.2 Å². The number of carbonyl (C=O) groups is 1. The zero-order valence-electron chi connectivity index (χ0n) is 9.61. The summed E-state index contributed by atoms with van der Waals surface area (Å²) in [5.41, 5.74) is 1.73. The Balaban J connectivity index is 2.16. The Labute approximate surface area is 133 Å². The van der Waals surface area contributed by atoms with Crippen LogP contribution in [0.5, 0.6) is 5.75 Å². The second-order valence-electron chi connectivity index (χ2n) is 3.81. The van der Waals surface area contributed by atoms with Crippen LogP contribution in [0.1, 0.15) is 15.9 Å². The van der Waals surface area contributed by atoms with Crippen LogP contribution in [0.25, 0.3) is 0 Å². The molecule has 0 N–H and O–H groups in total. The molecule has 2 nitrogen and oxygen atoms in total. The molecule has 0 saturated carbocycles. The largest absolute Gasteiger partial charge is 0.423 e. The van der Waals surface area contributed by atoms with E-state index in [1.807, 2.05) is 31.2 Å². The zero-order chi connectivity index (χ0) is 13.1. The lowest BCUT2D eigenvalue weighted by Gasteiger charge is -2.05. The van der Waals surface area contributed by atoms with Gasteiger partial charge >= 0.3 is 5.97 Å². The monoisotopic (exact) mass is 464 g/mol. The second-order valence-corrected chi connectivity index (χ2v) is 6.22. The van der Waals surface area contributed by atoms with Crippen molar-refractivity contribution in [1.82, 2.24) is 0 Å². The van der Waals surface area contributed by atoms with Crippen LogP contribution < -0.4 is 4.74 Å². The van der Waals surface area contributed by atoms with E-state index in [4.69, 9.17) is 4.74 Å². The molecular weight excluding hydrogens is 454 g/mol. The molecule has 2 aromatic rings. The van der Waals surface area contributed by atoms with E-state index >= 15 is 0 Å². The molecule has 18 heavy (non-hydrogen) atoms. The average molecular weight is 464 g/mol. The third kappa shape index (κ3) is 3.44. The summed E-state index contributed by atoms with van der Waals surface area (Å²) in [7, 11) is 0. The Morgan fingerprint density at radius 3 is 2.33 bits per heavy atom. The van der Waals surface area contributed by atoms with E-state index in [0.717, 1.165) is 12.7 Å². The first-order valence-corrected chi connectivity index (χ1v) is 7.46. The maximum Gasteiger partial charge on any atom is 0.343 e. The van der Waals surface area contributed by atoms with E-state index in [1.54, 1.807) is 18.2 Å². The van der Waals surface area contributed by atoms with Crippen LogP contribution in [-0.2, 0) is 0 Å². The molecule has 0 unspecified atom stereocenters. The van der Waals surface area contributed by atoms with Crippen molar-refractivity contribution in [1.29, 1.82) is 0 Å². The van der Waals surface area contributed by atoms with Crippen molar-refractivity contribution in [3.05, 3.63) is 60.7 Å². The van der Waals surface area contributed by atoms with Crippen molar-refractivity contribution in [3.8, 4) is 5.75 Å². The van der Waals surface area contributed by atoms with Gasteiger partial charge in [0, 0.05) is 7.14 Å². The molecule has 92 valence electrons. The Kier molecular flexibility index (Phi) is 4.60. The maximum atomic E-state index is 11.9. The molecule has 0 aliphatic rings. The molecule has 0 saturated heterocycles. The molecule has 0 aromatic heterocycles. The lowest BCUT2D eigenvalue weighted by Crippen LogP contribution is -2.08. The summed E-state index contributed by atoms with van der Waals surface area (Å²) in [5.74, 6) is 0.241.